The van der Waals surface area contributed by atoms with Gasteiger partial charge in [0.05, 0.1) is 5.41 Å². The summed E-state index contributed by atoms with van der Waals surface area (Å²) in [4.78, 5) is 2.40. The molecule has 8 aromatic carbocycles. The van der Waals surface area contributed by atoms with Crippen molar-refractivity contribution in [3.63, 3.8) is 0 Å². The van der Waals surface area contributed by atoms with E-state index in [1.54, 1.807) is 0 Å². The lowest BCUT2D eigenvalue weighted by Crippen LogP contribution is -2.28. The van der Waals surface area contributed by atoms with Crippen molar-refractivity contribution in [2.45, 2.75) is 5.41 Å². The second-order valence-electron chi connectivity index (χ2n) is 12.5. The molecule has 1 aliphatic carbocycles. The van der Waals surface area contributed by atoms with E-state index in [1.807, 2.05) is 0 Å². The average molecular weight is 612 g/mol. The topological polar surface area (TPSA) is 3.24 Å². The third-order valence-electron chi connectivity index (χ3n) is 9.92. The molecule has 48 heavy (non-hydrogen) atoms. The van der Waals surface area contributed by atoms with E-state index >= 15 is 0 Å². The summed E-state index contributed by atoms with van der Waals surface area (Å²) in [5.74, 6) is 0. The summed E-state index contributed by atoms with van der Waals surface area (Å²) in [6.45, 7) is 0. The Morgan fingerprint density at radius 3 is 1.54 bits per heavy atom. The van der Waals surface area contributed by atoms with Crippen molar-refractivity contribution in [2.24, 2.45) is 0 Å². The van der Waals surface area contributed by atoms with Gasteiger partial charge in [-0.3, -0.25) is 0 Å². The quantitative estimate of drug-likeness (QED) is 0.181. The fourth-order valence-corrected chi connectivity index (χ4v) is 7.79. The molecule has 0 saturated heterocycles. The molecular formula is C47H33N. The average Bonchev–Trinajstić information content (AvgIpc) is 3.47. The maximum Gasteiger partial charge on any atom is 0.0714 e. The fraction of sp³-hybridized carbons (Fsp3) is 0.0213. The molecule has 0 spiro atoms. The Bertz CT molecular complexity index is 2340. The third-order valence-corrected chi connectivity index (χ3v) is 9.92. The van der Waals surface area contributed by atoms with Crippen LogP contribution in [0.15, 0.2) is 200 Å². The van der Waals surface area contributed by atoms with Crippen molar-refractivity contribution in [2.75, 3.05) is 4.90 Å². The molecule has 9 rings (SSSR count). The van der Waals surface area contributed by atoms with Crippen molar-refractivity contribution in [1.29, 1.82) is 0 Å². The van der Waals surface area contributed by atoms with E-state index in [2.05, 4.69) is 205 Å². The molecule has 1 aliphatic rings. The van der Waals surface area contributed by atoms with Crippen LogP contribution in [0.3, 0.4) is 0 Å². The van der Waals surface area contributed by atoms with Gasteiger partial charge < -0.3 is 4.90 Å². The predicted molar refractivity (Wildman–Crippen MR) is 201 cm³/mol. The fourth-order valence-electron chi connectivity index (χ4n) is 7.79. The van der Waals surface area contributed by atoms with Crippen molar-refractivity contribution >= 4 is 27.8 Å². The number of benzene rings is 8. The number of anilines is 3. The van der Waals surface area contributed by atoms with Gasteiger partial charge in [-0.15, -0.1) is 0 Å². The number of hydrogen-bond acceptors (Lipinski definition) is 1. The maximum absolute atomic E-state index is 2.41. The lowest BCUT2D eigenvalue weighted by atomic mass is 9.67. The van der Waals surface area contributed by atoms with Gasteiger partial charge in [-0.2, -0.15) is 0 Å². The van der Waals surface area contributed by atoms with Gasteiger partial charge in [-0.05, 0) is 91.7 Å². The zero-order valence-electron chi connectivity index (χ0n) is 26.5. The highest BCUT2D eigenvalue weighted by molar-refractivity contribution is 5.91. The Labute approximate surface area is 282 Å². The third kappa shape index (κ3) is 4.47. The van der Waals surface area contributed by atoms with Crippen LogP contribution in [-0.2, 0) is 5.41 Å². The molecule has 1 heteroatoms. The van der Waals surface area contributed by atoms with E-state index in [0.29, 0.717) is 0 Å². The Kier molecular flexibility index (Phi) is 6.76. The minimum absolute atomic E-state index is 0.462. The van der Waals surface area contributed by atoms with E-state index in [9.17, 15) is 0 Å². The van der Waals surface area contributed by atoms with Crippen LogP contribution in [0, 0.1) is 0 Å². The first kappa shape index (κ1) is 28.1. The van der Waals surface area contributed by atoms with Crippen LogP contribution in [-0.4, -0.2) is 0 Å². The first-order valence-electron chi connectivity index (χ1n) is 16.6. The van der Waals surface area contributed by atoms with Gasteiger partial charge in [0.2, 0.25) is 0 Å². The smallest absolute Gasteiger partial charge is 0.0714 e. The molecular weight excluding hydrogens is 579 g/mol. The Morgan fingerprint density at radius 1 is 0.312 bits per heavy atom. The van der Waals surface area contributed by atoms with Crippen LogP contribution in [0.25, 0.3) is 33.0 Å². The predicted octanol–water partition coefficient (Wildman–Crippen LogP) is 12.3. The highest BCUT2D eigenvalue weighted by atomic mass is 15.1. The van der Waals surface area contributed by atoms with Gasteiger partial charge >= 0.3 is 0 Å². The first-order valence-corrected chi connectivity index (χ1v) is 16.6. The molecule has 0 bridgehead atoms. The van der Waals surface area contributed by atoms with E-state index in [-0.39, 0.29) is 0 Å². The Morgan fingerprint density at radius 2 is 0.833 bits per heavy atom. The van der Waals surface area contributed by atoms with E-state index in [1.165, 1.54) is 55.3 Å². The summed E-state index contributed by atoms with van der Waals surface area (Å²) in [6.07, 6.45) is 0. The molecule has 0 atom stereocenters. The molecule has 0 aromatic heterocycles. The van der Waals surface area contributed by atoms with Gasteiger partial charge in [0.25, 0.3) is 0 Å². The van der Waals surface area contributed by atoms with Gasteiger partial charge in [0.15, 0.2) is 0 Å². The number of hydrogen-bond donors (Lipinski definition) is 0. The second kappa shape index (κ2) is 11.6. The summed E-state index contributed by atoms with van der Waals surface area (Å²) in [7, 11) is 0. The largest absolute Gasteiger partial charge is 0.310 e. The number of rotatable bonds is 6. The minimum Gasteiger partial charge on any atom is -0.310 e. The molecule has 0 heterocycles. The number of fused-ring (bicyclic) bond motifs is 4. The zero-order valence-corrected chi connectivity index (χ0v) is 26.5. The van der Waals surface area contributed by atoms with Gasteiger partial charge in [-0.25, -0.2) is 0 Å². The van der Waals surface area contributed by atoms with Crippen LogP contribution in [0.4, 0.5) is 17.1 Å². The van der Waals surface area contributed by atoms with E-state index in [4.69, 9.17) is 0 Å². The van der Waals surface area contributed by atoms with Crippen LogP contribution < -0.4 is 4.90 Å². The summed E-state index contributed by atoms with van der Waals surface area (Å²) < 4.78 is 0. The van der Waals surface area contributed by atoms with Crippen LogP contribution >= 0.6 is 0 Å². The van der Waals surface area contributed by atoms with E-state index < -0.39 is 5.41 Å². The molecule has 0 radical (unpaired) electrons. The molecule has 0 N–H and O–H groups in total. The summed E-state index contributed by atoms with van der Waals surface area (Å²) in [5, 5.41) is 2.45. The van der Waals surface area contributed by atoms with Crippen molar-refractivity contribution in [3.8, 4) is 22.3 Å². The molecule has 0 aliphatic heterocycles. The van der Waals surface area contributed by atoms with E-state index in [0.717, 1.165) is 17.1 Å². The standard InChI is InChI=1S/C47H33N/c1-3-14-34(15-4-1)36-26-29-40(30-27-36)48(42-31-28-35-16-7-8-17-37(35)32-42)41-21-13-20-39(33-41)47(38-18-5-2-6-19-38)45-24-11-9-22-43(45)44-23-10-12-25-46(44)47/h1-33H. The molecule has 8 aromatic rings. The monoisotopic (exact) mass is 611 g/mol. The first-order chi connectivity index (χ1) is 23.8. The van der Waals surface area contributed by atoms with Crippen LogP contribution in [0.1, 0.15) is 22.3 Å². The zero-order chi connectivity index (χ0) is 31.9. The van der Waals surface area contributed by atoms with Crippen molar-refractivity contribution in [1.82, 2.24) is 0 Å². The van der Waals surface area contributed by atoms with Crippen LogP contribution in [0.2, 0.25) is 0 Å². The molecule has 0 amide bonds. The Balaban J connectivity index is 1.27. The SMILES string of the molecule is c1ccc(-c2ccc(N(c3cccc(C4(c5ccccc5)c5ccccc5-c5ccccc54)c3)c3ccc4ccccc4c3)cc2)cc1. The highest BCUT2D eigenvalue weighted by Gasteiger charge is 2.46. The Hall–Kier alpha value is -6.18. The second-order valence-corrected chi connectivity index (χ2v) is 12.5. The molecule has 1 nitrogen and oxygen atoms in total. The summed E-state index contributed by atoms with van der Waals surface area (Å²) in [5.41, 5.74) is 13.1. The lowest BCUT2D eigenvalue weighted by Gasteiger charge is -2.35. The van der Waals surface area contributed by atoms with Gasteiger partial charge in [-0.1, -0.05) is 164 Å². The lowest BCUT2D eigenvalue weighted by molar-refractivity contribution is 0.768. The van der Waals surface area contributed by atoms with Gasteiger partial charge in [0.1, 0.15) is 0 Å². The van der Waals surface area contributed by atoms with Crippen molar-refractivity contribution in [3.05, 3.63) is 222 Å². The highest BCUT2D eigenvalue weighted by Crippen LogP contribution is 2.56. The minimum atomic E-state index is -0.462. The van der Waals surface area contributed by atoms with Crippen LogP contribution in [0.5, 0.6) is 0 Å². The summed E-state index contributed by atoms with van der Waals surface area (Å²) >= 11 is 0. The summed E-state index contributed by atoms with van der Waals surface area (Å²) in [6, 6.07) is 73.0. The normalized spacial score (nSPS) is 12.8. The van der Waals surface area contributed by atoms with Gasteiger partial charge in [0, 0.05) is 17.1 Å². The number of nitrogens with zero attached hydrogens (tertiary/aromatic N) is 1. The molecule has 0 saturated carbocycles. The molecule has 0 fully saturated rings. The molecule has 226 valence electrons. The van der Waals surface area contributed by atoms with Crippen molar-refractivity contribution < 1.29 is 0 Å². The molecule has 0 unspecified atom stereocenters. The maximum atomic E-state index is 2.41.